The van der Waals surface area contributed by atoms with E-state index in [1.807, 2.05) is 0 Å². The molecule has 1 atom stereocenters. The molecule has 4 heteroatoms. The van der Waals surface area contributed by atoms with Crippen LogP contribution in [-0.2, 0) is 0 Å². The van der Waals surface area contributed by atoms with Gasteiger partial charge in [-0.3, -0.25) is 5.10 Å². The molecule has 1 aromatic rings. The molecule has 2 aliphatic rings. The molecule has 0 radical (unpaired) electrons. The van der Waals surface area contributed by atoms with Crippen molar-refractivity contribution in [3.8, 4) is 0 Å². The quantitative estimate of drug-likeness (QED) is 0.858. The summed E-state index contributed by atoms with van der Waals surface area (Å²) in [5, 5.41) is 11.2. The number of hydrogen-bond acceptors (Lipinski definition) is 3. The molecule has 2 N–H and O–H groups in total. The molecule has 0 bridgehead atoms. The van der Waals surface area contributed by atoms with Crippen molar-refractivity contribution < 1.29 is 0 Å². The predicted molar refractivity (Wildman–Crippen MR) is 76.0 cm³/mol. The third-order valence-electron chi connectivity index (χ3n) is 4.63. The Labute approximate surface area is 115 Å². The molecular formula is C15H26N4. The number of hydrogen-bond donors (Lipinski definition) is 2. The SMILES string of the molecule is C1CCCCC(c2n[nH]c([C@@H]3CCCN3)n2)CCC1. The minimum atomic E-state index is 0.414. The van der Waals surface area contributed by atoms with Gasteiger partial charge < -0.3 is 5.32 Å². The van der Waals surface area contributed by atoms with Gasteiger partial charge in [-0.25, -0.2) is 4.98 Å². The van der Waals surface area contributed by atoms with E-state index in [4.69, 9.17) is 4.98 Å². The van der Waals surface area contributed by atoms with Crippen molar-refractivity contribution in [2.24, 2.45) is 0 Å². The summed E-state index contributed by atoms with van der Waals surface area (Å²) in [6.07, 6.45) is 13.3. The number of nitrogens with zero attached hydrogens (tertiary/aromatic N) is 2. The van der Waals surface area contributed by atoms with Gasteiger partial charge in [-0.2, -0.15) is 5.10 Å². The van der Waals surface area contributed by atoms with Crippen LogP contribution in [0.25, 0.3) is 0 Å². The molecule has 0 aromatic carbocycles. The van der Waals surface area contributed by atoms with Crippen molar-refractivity contribution in [1.82, 2.24) is 20.5 Å². The minimum Gasteiger partial charge on any atom is -0.307 e. The second-order valence-corrected chi connectivity index (χ2v) is 6.12. The van der Waals surface area contributed by atoms with E-state index in [-0.39, 0.29) is 0 Å². The molecule has 19 heavy (non-hydrogen) atoms. The fourth-order valence-corrected chi connectivity index (χ4v) is 3.44. The fourth-order valence-electron chi connectivity index (χ4n) is 3.44. The summed E-state index contributed by atoms with van der Waals surface area (Å²) in [7, 11) is 0. The number of rotatable bonds is 2. The van der Waals surface area contributed by atoms with Gasteiger partial charge in [0.2, 0.25) is 0 Å². The fraction of sp³-hybridized carbons (Fsp3) is 0.867. The van der Waals surface area contributed by atoms with Crippen LogP contribution in [0.1, 0.15) is 87.8 Å². The van der Waals surface area contributed by atoms with Gasteiger partial charge in [-0.15, -0.1) is 0 Å². The highest BCUT2D eigenvalue weighted by Gasteiger charge is 2.22. The van der Waals surface area contributed by atoms with Crippen molar-refractivity contribution in [3.63, 3.8) is 0 Å². The summed E-state index contributed by atoms with van der Waals surface area (Å²) >= 11 is 0. The summed E-state index contributed by atoms with van der Waals surface area (Å²) in [5.41, 5.74) is 0. The smallest absolute Gasteiger partial charge is 0.153 e. The maximum absolute atomic E-state index is 4.79. The first-order valence-electron chi connectivity index (χ1n) is 8.09. The van der Waals surface area contributed by atoms with Crippen LogP contribution in [0.5, 0.6) is 0 Å². The van der Waals surface area contributed by atoms with Crippen molar-refractivity contribution in [3.05, 3.63) is 11.6 Å². The Morgan fingerprint density at radius 2 is 1.58 bits per heavy atom. The van der Waals surface area contributed by atoms with E-state index in [0.717, 1.165) is 18.2 Å². The van der Waals surface area contributed by atoms with Gasteiger partial charge >= 0.3 is 0 Å². The maximum Gasteiger partial charge on any atom is 0.153 e. The lowest BCUT2D eigenvalue weighted by Gasteiger charge is -2.11. The molecule has 106 valence electrons. The number of nitrogens with one attached hydrogen (secondary N) is 2. The molecule has 1 aliphatic carbocycles. The first kappa shape index (κ1) is 13.1. The third kappa shape index (κ3) is 3.35. The second-order valence-electron chi connectivity index (χ2n) is 6.12. The van der Waals surface area contributed by atoms with Crippen molar-refractivity contribution in [2.45, 2.75) is 76.2 Å². The molecule has 1 aromatic heterocycles. The van der Waals surface area contributed by atoms with E-state index in [0.29, 0.717) is 12.0 Å². The third-order valence-corrected chi connectivity index (χ3v) is 4.63. The van der Waals surface area contributed by atoms with Crippen molar-refractivity contribution >= 4 is 0 Å². The summed E-state index contributed by atoms with van der Waals surface area (Å²) in [6, 6.07) is 0.414. The molecule has 4 nitrogen and oxygen atoms in total. The molecule has 2 fully saturated rings. The van der Waals surface area contributed by atoms with E-state index in [1.165, 1.54) is 64.2 Å². The highest BCUT2D eigenvalue weighted by molar-refractivity contribution is 5.03. The first-order valence-corrected chi connectivity index (χ1v) is 8.09. The van der Waals surface area contributed by atoms with Crippen molar-refractivity contribution in [1.29, 1.82) is 0 Å². The zero-order chi connectivity index (χ0) is 12.9. The molecule has 1 aliphatic heterocycles. The average Bonchev–Trinajstić information content (AvgIpc) is 3.11. The highest BCUT2D eigenvalue weighted by atomic mass is 15.2. The summed E-state index contributed by atoms with van der Waals surface area (Å²) < 4.78 is 0. The van der Waals surface area contributed by atoms with Gasteiger partial charge in [-0.05, 0) is 32.2 Å². The Morgan fingerprint density at radius 3 is 2.26 bits per heavy atom. The number of aromatic amines is 1. The number of aromatic nitrogens is 3. The van der Waals surface area contributed by atoms with Gasteiger partial charge in [0.1, 0.15) is 5.82 Å². The molecule has 0 spiro atoms. The normalized spacial score (nSPS) is 26.8. The largest absolute Gasteiger partial charge is 0.307 e. The predicted octanol–water partition coefficient (Wildman–Crippen LogP) is 3.45. The van der Waals surface area contributed by atoms with Gasteiger partial charge in [0, 0.05) is 5.92 Å². The lowest BCUT2D eigenvalue weighted by atomic mass is 9.96. The molecular weight excluding hydrogens is 236 g/mol. The van der Waals surface area contributed by atoms with Gasteiger partial charge in [0.05, 0.1) is 6.04 Å². The Balaban J connectivity index is 1.65. The van der Waals surface area contributed by atoms with Crippen LogP contribution in [0.3, 0.4) is 0 Å². The van der Waals surface area contributed by atoms with E-state index in [2.05, 4.69) is 15.5 Å². The monoisotopic (exact) mass is 262 g/mol. The molecule has 3 rings (SSSR count). The van der Waals surface area contributed by atoms with Gasteiger partial charge in [0.15, 0.2) is 5.82 Å². The lowest BCUT2D eigenvalue weighted by molar-refractivity contribution is 0.516. The maximum atomic E-state index is 4.79. The second kappa shape index (κ2) is 6.51. The van der Waals surface area contributed by atoms with Crippen LogP contribution < -0.4 is 5.32 Å². The standard InChI is InChI=1S/C15H26N4/c1-2-4-6-9-12(8-5-3-1)14-17-15(19-18-14)13-10-7-11-16-13/h12-13,16H,1-11H2,(H,17,18,19)/t13-/m0/s1. The first-order chi connectivity index (χ1) is 9.43. The van der Waals surface area contributed by atoms with Gasteiger partial charge in [0.25, 0.3) is 0 Å². The van der Waals surface area contributed by atoms with Crippen LogP contribution in [0.15, 0.2) is 0 Å². The average molecular weight is 262 g/mol. The Hall–Kier alpha value is -0.900. The summed E-state index contributed by atoms with van der Waals surface area (Å²) in [5.74, 6) is 2.72. The molecule has 0 amide bonds. The Kier molecular flexibility index (Phi) is 4.49. The highest BCUT2D eigenvalue weighted by Crippen LogP contribution is 2.29. The van der Waals surface area contributed by atoms with Crippen LogP contribution >= 0.6 is 0 Å². The topological polar surface area (TPSA) is 53.6 Å². The molecule has 1 saturated heterocycles. The Morgan fingerprint density at radius 1 is 0.842 bits per heavy atom. The van der Waals surface area contributed by atoms with Crippen molar-refractivity contribution in [2.75, 3.05) is 6.54 Å². The molecule has 1 saturated carbocycles. The zero-order valence-electron chi connectivity index (χ0n) is 11.8. The van der Waals surface area contributed by atoms with Crippen LogP contribution in [0.4, 0.5) is 0 Å². The van der Waals surface area contributed by atoms with E-state index in [9.17, 15) is 0 Å². The lowest BCUT2D eigenvalue weighted by Crippen LogP contribution is -2.14. The molecule has 2 heterocycles. The summed E-state index contributed by atoms with van der Waals surface area (Å²) in [4.78, 5) is 4.79. The summed E-state index contributed by atoms with van der Waals surface area (Å²) in [6.45, 7) is 1.12. The van der Waals surface area contributed by atoms with E-state index < -0.39 is 0 Å². The van der Waals surface area contributed by atoms with Crippen LogP contribution in [0.2, 0.25) is 0 Å². The van der Waals surface area contributed by atoms with E-state index in [1.54, 1.807) is 0 Å². The molecule has 0 unspecified atom stereocenters. The minimum absolute atomic E-state index is 0.414. The van der Waals surface area contributed by atoms with E-state index >= 15 is 0 Å². The zero-order valence-corrected chi connectivity index (χ0v) is 11.8. The van der Waals surface area contributed by atoms with Crippen LogP contribution in [0, 0.1) is 0 Å². The van der Waals surface area contributed by atoms with Gasteiger partial charge in [-0.1, -0.05) is 38.5 Å². The number of H-pyrrole nitrogens is 1. The Bertz CT molecular complexity index is 371. The van der Waals surface area contributed by atoms with Crippen LogP contribution in [-0.4, -0.2) is 21.7 Å².